The lowest BCUT2D eigenvalue weighted by molar-refractivity contribution is -0.275. The first kappa shape index (κ1) is 19.0. The summed E-state index contributed by atoms with van der Waals surface area (Å²) in [5.74, 6) is -0.706. The zero-order valence-corrected chi connectivity index (χ0v) is 13.1. The molecule has 0 unspecified atom stereocenters. The maximum atomic E-state index is 12.5. The monoisotopic (exact) mass is 360 g/mol. The fourth-order valence-electron chi connectivity index (χ4n) is 2.07. The van der Waals surface area contributed by atoms with Crippen LogP contribution in [0.2, 0.25) is 0 Å². The van der Waals surface area contributed by atoms with Crippen LogP contribution in [0.4, 0.5) is 13.2 Å². The number of sulfonamides is 1. The first-order valence-electron chi connectivity index (χ1n) is 6.36. The number of alkyl halides is 3. The summed E-state index contributed by atoms with van der Waals surface area (Å²) >= 11 is 0. The Labute approximate surface area is 132 Å². The number of hydrogen-bond donors (Lipinski definition) is 1. The van der Waals surface area contributed by atoms with Crippen LogP contribution in [0.5, 0.6) is 5.75 Å². The molecule has 22 heavy (non-hydrogen) atoms. The Morgan fingerprint density at radius 2 is 1.82 bits per heavy atom. The van der Waals surface area contributed by atoms with Gasteiger partial charge < -0.3 is 10.1 Å². The summed E-state index contributed by atoms with van der Waals surface area (Å²) in [5, 5.41) is 3.04. The van der Waals surface area contributed by atoms with Gasteiger partial charge in [0.2, 0.25) is 10.0 Å². The van der Waals surface area contributed by atoms with Crippen LogP contribution >= 0.6 is 12.4 Å². The van der Waals surface area contributed by atoms with Gasteiger partial charge in [0.25, 0.3) is 0 Å². The van der Waals surface area contributed by atoms with Crippen LogP contribution in [0, 0.1) is 0 Å². The minimum Gasteiger partial charge on any atom is -0.404 e. The van der Waals surface area contributed by atoms with Crippen LogP contribution in [-0.2, 0) is 10.0 Å². The van der Waals surface area contributed by atoms with E-state index in [1.165, 1.54) is 16.4 Å². The van der Waals surface area contributed by atoms with Crippen LogP contribution < -0.4 is 10.1 Å². The highest BCUT2D eigenvalue weighted by Crippen LogP contribution is 2.31. The third kappa shape index (κ3) is 4.73. The van der Waals surface area contributed by atoms with E-state index in [1.807, 2.05) is 0 Å². The van der Waals surface area contributed by atoms with Crippen molar-refractivity contribution >= 4 is 22.4 Å². The Morgan fingerprint density at radius 1 is 1.14 bits per heavy atom. The van der Waals surface area contributed by atoms with Gasteiger partial charge in [-0.15, -0.1) is 25.6 Å². The maximum absolute atomic E-state index is 12.5. The van der Waals surface area contributed by atoms with E-state index in [0.717, 1.165) is 12.1 Å². The van der Waals surface area contributed by atoms with E-state index in [0.29, 0.717) is 19.5 Å². The standard InChI is InChI=1S/C12H15F3N2O3S.ClH/c13-12(14,15)20-10-4-1-2-5-11(10)21(18,19)17-8-3-6-16-7-9-17;/h1-2,4-5,16H,3,6-9H2;1H. The van der Waals surface area contributed by atoms with Gasteiger partial charge in [0, 0.05) is 19.6 Å². The van der Waals surface area contributed by atoms with Crippen molar-refractivity contribution < 1.29 is 26.3 Å². The minimum atomic E-state index is -4.94. The summed E-state index contributed by atoms with van der Waals surface area (Å²) in [6, 6.07) is 4.78. The molecule has 0 bridgehead atoms. The van der Waals surface area contributed by atoms with E-state index < -0.39 is 27.0 Å². The molecule has 126 valence electrons. The molecule has 1 heterocycles. The molecule has 1 aromatic carbocycles. The zero-order valence-electron chi connectivity index (χ0n) is 11.5. The largest absolute Gasteiger partial charge is 0.573 e. The molecular weight excluding hydrogens is 345 g/mol. The van der Waals surface area contributed by atoms with E-state index >= 15 is 0 Å². The Bertz CT molecular complexity index is 588. The van der Waals surface area contributed by atoms with Crippen molar-refractivity contribution in [1.82, 2.24) is 9.62 Å². The first-order valence-corrected chi connectivity index (χ1v) is 7.80. The number of halogens is 4. The molecular formula is C12H16ClF3N2O3S. The van der Waals surface area contributed by atoms with Gasteiger partial charge in [-0.3, -0.25) is 0 Å². The molecule has 0 aliphatic carbocycles. The highest BCUT2D eigenvalue weighted by Gasteiger charge is 2.35. The van der Waals surface area contributed by atoms with Crippen LogP contribution in [0.3, 0.4) is 0 Å². The minimum absolute atomic E-state index is 0. The maximum Gasteiger partial charge on any atom is 0.573 e. The van der Waals surface area contributed by atoms with Crippen molar-refractivity contribution in [3.05, 3.63) is 24.3 Å². The number of nitrogens with zero attached hydrogens (tertiary/aromatic N) is 1. The third-order valence-electron chi connectivity index (χ3n) is 2.99. The molecule has 1 fully saturated rings. The number of rotatable bonds is 3. The lowest BCUT2D eigenvalue weighted by Crippen LogP contribution is -2.34. The number of ether oxygens (including phenoxy) is 1. The second-order valence-corrected chi connectivity index (χ2v) is 6.41. The van der Waals surface area contributed by atoms with Crippen LogP contribution in [0.15, 0.2) is 29.2 Å². The number of nitrogens with one attached hydrogen (secondary N) is 1. The summed E-state index contributed by atoms with van der Waals surface area (Å²) in [4.78, 5) is -0.468. The van der Waals surface area contributed by atoms with Gasteiger partial charge in [0.15, 0.2) is 0 Å². The van der Waals surface area contributed by atoms with E-state index in [4.69, 9.17) is 0 Å². The van der Waals surface area contributed by atoms with Crippen molar-refractivity contribution in [2.45, 2.75) is 17.7 Å². The van der Waals surface area contributed by atoms with Gasteiger partial charge in [0.1, 0.15) is 10.6 Å². The van der Waals surface area contributed by atoms with Gasteiger partial charge >= 0.3 is 6.36 Å². The number of hydrogen-bond acceptors (Lipinski definition) is 4. The molecule has 1 aliphatic rings. The second kappa shape index (κ2) is 7.49. The SMILES string of the molecule is Cl.O=S(=O)(c1ccccc1OC(F)(F)F)N1CCCNCC1. The van der Waals surface area contributed by atoms with Gasteiger partial charge in [0.05, 0.1) is 0 Å². The molecule has 0 amide bonds. The van der Waals surface area contributed by atoms with Gasteiger partial charge in [-0.2, -0.15) is 4.31 Å². The lowest BCUT2D eigenvalue weighted by Gasteiger charge is -2.21. The summed E-state index contributed by atoms with van der Waals surface area (Å²) < 4.78 is 67.1. The molecule has 5 nitrogen and oxygen atoms in total. The fourth-order valence-corrected chi connectivity index (χ4v) is 3.67. The van der Waals surface area contributed by atoms with Gasteiger partial charge in [-0.25, -0.2) is 8.42 Å². The molecule has 0 atom stereocenters. The Hall–Kier alpha value is -1.03. The summed E-state index contributed by atoms with van der Waals surface area (Å²) in [6.45, 7) is 1.60. The molecule has 1 saturated heterocycles. The average molecular weight is 361 g/mol. The average Bonchev–Trinajstić information content (AvgIpc) is 2.66. The quantitative estimate of drug-likeness (QED) is 0.895. The molecule has 2 rings (SSSR count). The summed E-state index contributed by atoms with van der Waals surface area (Å²) in [7, 11) is -4.02. The van der Waals surface area contributed by atoms with E-state index in [2.05, 4.69) is 10.1 Å². The predicted octanol–water partition coefficient (Wildman–Crippen LogP) is 1.99. The van der Waals surface area contributed by atoms with Gasteiger partial charge in [-0.05, 0) is 25.1 Å². The number of benzene rings is 1. The highest BCUT2D eigenvalue weighted by atomic mass is 35.5. The Kier molecular flexibility index (Phi) is 6.48. The topological polar surface area (TPSA) is 58.6 Å². The molecule has 0 aromatic heterocycles. The molecule has 1 aliphatic heterocycles. The lowest BCUT2D eigenvalue weighted by atomic mass is 10.3. The number of para-hydroxylation sites is 1. The molecule has 10 heteroatoms. The Morgan fingerprint density at radius 3 is 2.50 bits per heavy atom. The fraction of sp³-hybridized carbons (Fsp3) is 0.500. The molecule has 0 saturated carbocycles. The smallest absolute Gasteiger partial charge is 0.404 e. The van der Waals surface area contributed by atoms with Crippen molar-refractivity contribution in [2.24, 2.45) is 0 Å². The first-order chi connectivity index (χ1) is 9.81. The van der Waals surface area contributed by atoms with Crippen LogP contribution in [0.25, 0.3) is 0 Å². The van der Waals surface area contributed by atoms with Gasteiger partial charge in [-0.1, -0.05) is 12.1 Å². The van der Waals surface area contributed by atoms with E-state index in [1.54, 1.807) is 0 Å². The zero-order chi connectivity index (χ0) is 15.5. The summed E-state index contributed by atoms with van der Waals surface area (Å²) in [6.07, 6.45) is -4.34. The van der Waals surface area contributed by atoms with Crippen molar-refractivity contribution in [3.63, 3.8) is 0 Å². The van der Waals surface area contributed by atoms with E-state index in [-0.39, 0.29) is 25.5 Å². The highest BCUT2D eigenvalue weighted by molar-refractivity contribution is 7.89. The predicted molar refractivity (Wildman–Crippen MR) is 76.6 cm³/mol. The second-order valence-electron chi connectivity index (χ2n) is 4.50. The molecule has 1 N–H and O–H groups in total. The van der Waals surface area contributed by atoms with Crippen LogP contribution in [0.1, 0.15) is 6.42 Å². The van der Waals surface area contributed by atoms with Crippen LogP contribution in [-0.4, -0.2) is 45.3 Å². The normalized spacial score (nSPS) is 17.4. The molecule has 0 radical (unpaired) electrons. The van der Waals surface area contributed by atoms with Crippen molar-refractivity contribution in [1.29, 1.82) is 0 Å². The van der Waals surface area contributed by atoms with Crippen molar-refractivity contribution in [2.75, 3.05) is 26.2 Å². The van der Waals surface area contributed by atoms with E-state index in [9.17, 15) is 21.6 Å². The summed E-state index contributed by atoms with van der Waals surface area (Å²) in [5.41, 5.74) is 0. The Balaban J connectivity index is 0.00000242. The molecule has 1 aromatic rings. The third-order valence-corrected chi connectivity index (χ3v) is 4.93. The van der Waals surface area contributed by atoms with Crippen molar-refractivity contribution in [3.8, 4) is 5.75 Å². The molecule has 0 spiro atoms.